The number of unbranched alkanes of at least 4 members (excludes halogenated alkanes) is 6. The molecule has 0 aromatic rings. The predicted octanol–water partition coefficient (Wildman–Crippen LogP) is 7.59. The zero-order valence-electron chi connectivity index (χ0n) is 17.3. The van der Waals surface area contributed by atoms with Gasteiger partial charge in [0, 0.05) is 6.04 Å². The predicted molar refractivity (Wildman–Crippen MR) is 110 cm³/mol. The van der Waals surface area contributed by atoms with E-state index in [2.05, 4.69) is 25.8 Å². The fourth-order valence-corrected chi connectivity index (χ4v) is 4.61. The van der Waals surface area contributed by atoms with Crippen LogP contribution in [0.1, 0.15) is 123 Å². The number of nitrogens with zero attached hydrogens (tertiary/aromatic N) is 1. The highest BCUT2D eigenvalue weighted by molar-refractivity contribution is 4.78. The maximum Gasteiger partial charge on any atom is 0.0120 e. The average molecular weight is 338 g/mol. The molecule has 1 heterocycles. The van der Waals surface area contributed by atoms with E-state index in [0.717, 1.165) is 12.0 Å². The molecule has 0 aromatic heterocycles. The van der Waals surface area contributed by atoms with Gasteiger partial charge in [0.1, 0.15) is 0 Å². The minimum Gasteiger partial charge on any atom is -0.303 e. The molecule has 1 heteroatoms. The third kappa shape index (κ3) is 10.1. The van der Waals surface area contributed by atoms with E-state index in [1.807, 2.05) is 0 Å². The summed E-state index contributed by atoms with van der Waals surface area (Å²) in [6.45, 7) is 6.08. The molecule has 1 nitrogen and oxygen atoms in total. The van der Waals surface area contributed by atoms with Crippen LogP contribution in [-0.2, 0) is 0 Å². The van der Waals surface area contributed by atoms with E-state index >= 15 is 0 Å². The molecule has 1 fully saturated rings. The van der Waals surface area contributed by atoms with E-state index in [1.165, 1.54) is 116 Å². The van der Waals surface area contributed by atoms with Crippen molar-refractivity contribution in [1.29, 1.82) is 0 Å². The molecule has 0 radical (unpaired) electrons. The Labute approximate surface area is 154 Å². The average Bonchev–Trinajstić information content (AvgIpc) is 2.64. The van der Waals surface area contributed by atoms with Crippen molar-refractivity contribution in [3.63, 3.8) is 0 Å². The van der Waals surface area contributed by atoms with Crippen molar-refractivity contribution < 1.29 is 0 Å². The highest BCUT2D eigenvalue weighted by Gasteiger charge is 2.23. The standard InChI is InChI=1S/C23H47N/c1-4-6-7-8-10-13-16-19-22(5-2)23-20-17-14-11-9-12-15-18-21-24(23)3/h22-23H,4-21H2,1-3H3. The largest absolute Gasteiger partial charge is 0.303 e. The van der Waals surface area contributed by atoms with Gasteiger partial charge < -0.3 is 4.90 Å². The van der Waals surface area contributed by atoms with Crippen LogP contribution in [0.2, 0.25) is 0 Å². The minimum absolute atomic E-state index is 0.855. The fraction of sp³-hybridized carbons (Fsp3) is 1.00. The van der Waals surface area contributed by atoms with E-state index in [-0.39, 0.29) is 0 Å². The second-order valence-corrected chi connectivity index (χ2v) is 8.39. The zero-order chi connectivity index (χ0) is 17.5. The fourth-order valence-electron chi connectivity index (χ4n) is 4.61. The Morgan fingerprint density at radius 1 is 0.750 bits per heavy atom. The normalized spacial score (nSPS) is 22.9. The molecular weight excluding hydrogens is 290 g/mol. The molecular formula is C23H47N. The highest BCUT2D eigenvalue weighted by atomic mass is 15.1. The third-order valence-corrected chi connectivity index (χ3v) is 6.32. The van der Waals surface area contributed by atoms with Crippen LogP contribution in [0.15, 0.2) is 0 Å². The van der Waals surface area contributed by atoms with Crippen LogP contribution < -0.4 is 0 Å². The summed E-state index contributed by atoms with van der Waals surface area (Å²) < 4.78 is 0. The molecule has 144 valence electrons. The number of hydrogen-bond donors (Lipinski definition) is 0. The minimum atomic E-state index is 0.855. The van der Waals surface area contributed by atoms with Crippen molar-refractivity contribution in [3.8, 4) is 0 Å². The molecule has 0 aromatic carbocycles. The van der Waals surface area contributed by atoms with Gasteiger partial charge in [0.2, 0.25) is 0 Å². The molecule has 1 aliphatic heterocycles. The van der Waals surface area contributed by atoms with Crippen LogP contribution in [0.25, 0.3) is 0 Å². The summed E-state index contributed by atoms with van der Waals surface area (Å²) in [4.78, 5) is 2.74. The van der Waals surface area contributed by atoms with Crippen molar-refractivity contribution in [2.75, 3.05) is 13.6 Å². The maximum atomic E-state index is 2.74. The zero-order valence-corrected chi connectivity index (χ0v) is 17.3. The summed E-state index contributed by atoms with van der Waals surface area (Å²) in [6.07, 6.45) is 24.6. The molecule has 0 saturated carbocycles. The molecule has 0 amide bonds. The van der Waals surface area contributed by atoms with Crippen LogP contribution in [0, 0.1) is 5.92 Å². The van der Waals surface area contributed by atoms with Gasteiger partial charge in [-0.15, -0.1) is 0 Å². The molecule has 1 saturated heterocycles. The van der Waals surface area contributed by atoms with E-state index < -0.39 is 0 Å². The quantitative estimate of drug-likeness (QED) is 0.371. The molecule has 0 aliphatic carbocycles. The lowest BCUT2D eigenvalue weighted by Crippen LogP contribution is -2.38. The van der Waals surface area contributed by atoms with Gasteiger partial charge >= 0.3 is 0 Å². The van der Waals surface area contributed by atoms with Crippen LogP contribution in [0.4, 0.5) is 0 Å². The highest BCUT2D eigenvalue weighted by Crippen LogP contribution is 2.27. The van der Waals surface area contributed by atoms with E-state index in [1.54, 1.807) is 0 Å². The van der Waals surface area contributed by atoms with Crippen molar-refractivity contribution >= 4 is 0 Å². The Kier molecular flexibility index (Phi) is 14.0. The Balaban J connectivity index is 2.34. The first kappa shape index (κ1) is 22.0. The summed E-state index contributed by atoms with van der Waals surface area (Å²) in [7, 11) is 2.41. The van der Waals surface area contributed by atoms with E-state index in [9.17, 15) is 0 Å². The van der Waals surface area contributed by atoms with Crippen molar-refractivity contribution in [1.82, 2.24) is 4.90 Å². The van der Waals surface area contributed by atoms with Gasteiger partial charge in [-0.3, -0.25) is 0 Å². The first-order valence-electron chi connectivity index (χ1n) is 11.5. The SMILES string of the molecule is CCCCCCCCCC(CC)C1CCCCCCCCCN1C. The molecule has 0 N–H and O–H groups in total. The van der Waals surface area contributed by atoms with Gasteiger partial charge in [-0.2, -0.15) is 0 Å². The lowest BCUT2D eigenvalue weighted by Gasteiger charge is -2.35. The molecule has 2 atom stereocenters. The lowest BCUT2D eigenvalue weighted by atomic mass is 9.86. The smallest absolute Gasteiger partial charge is 0.0120 e. The Morgan fingerprint density at radius 2 is 1.33 bits per heavy atom. The summed E-state index contributed by atoms with van der Waals surface area (Å²) in [5.74, 6) is 0.936. The van der Waals surface area contributed by atoms with Gasteiger partial charge in [0.25, 0.3) is 0 Å². The maximum absolute atomic E-state index is 2.74. The molecule has 0 bridgehead atoms. The van der Waals surface area contributed by atoms with Crippen LogP contribution in [-0.4, -0.2) is 24.5 Å². The number of rotatable bonds is 10. The first-order valence-corrected chi connectivity index (χ1v) is 11.5. The third-order valence-electron chi connectivity index (χ3n) is 6.32. The summed E-state index contributed by atoms with van der Waals surface area (Å²) in [5.41, 5.74) is 0. The molecule has 0 spiro atoms. The lowest BCUT2D eigenvalue weighted by molar-refractivity contribution is 0.147. The number of hydrogen-bond acceptors (Lipinski definition) is 1. The van der Waals surface area contributed by atoms with E-state index in [4.69, 9.17) is 0 Å². The van der Waals surface area contributed by atoms with Crippen molar-refractivity contribution in [2.45, 2.75) is 129 Å². The topological polar surface area (TPSA) is 3.24 Å². The summed E-state index contributed by atoms with van der Waals surface area (Å²) in [5, 5.41) is 0. The summed E-state index contributed by atoms with van der Waals surface area (Å²) >= 11 is 0. The van der Waals surface area contributed by atoms with E-state index in [0.29, 0.717) is 0 Å². The second kappa shape index (κ2) is 15.2. The molecule has 1 rings (SSSR count). The van der Waals surface area contributed by atoms with Gasteiger partial charge in [0.05, 0.1) is 0 Å². The van der Waals surface area contributed by atoms with Gasteiger partial charge in [-0.05, 0) is 38.8 Å². The van der Waals surface area contributed by atoms with Crippen molar-refractivity contribution in [3.05, 3.63) is 0 Å². The second-order valence-electron chi connectivity index (χ2n) is 8.39. The van der Waals surface area contributed by atoms with Crippen LogP contribution in [0.3, 0.4) is 0 Å². The first-order chi connectivity index (χ1) is 11.8. The summed E-state index contributed by atoms with van der Waals surface area (Å²) in [6, 6.07) is 0.855. The van der Waals surface area contributed by atoms with Crippen LogP contribution >= 0.6 is 0 Å². The Hall–Kier alpha value is -0.0400. The molecule has 24 heavy (non-hydrogen) atoms. The molecule has 2 unspecified atom stereocenters. The Morgan fingerprint density at radius 3 is 2.00 bits per heavy atom. The Bertz CT molecular complexity index is 263. The van der Waals surface area contributed by atoms with Gasteiger partial charge in [-0.1, -0.05) is 104 Å². The van der Waals surface area contributed by atoms with Gasteiger partial charge in [-0.25, -0.2) is 0 Å². The monoisotopic (exact) mass is 337 g/mol. The van der Waals surface area contributed by atoms with Gasteiger partial charge in [0.15, 0.2) is 0 Å². The van der Waals surface area contributed by atoms with Crippen LogP contribution in [0.5, 0.6) is 0 Å². The van der Waals surface area contributed by atoms with Crippen molar-refractivity contribution in [2.24, 2.45) is 5.92 Å². The molecule has 1 aliphatic rings.